The van der Waals surface area contributed by atoms with E-state index in [1.807, 2.05) is 32.2 Å². The fraction of sp³-hybridized carbons (Fsp3) is 0.500. The van der Waals surface area contributed by atoms with Crippen LogP contribution in [0.1, 0.15) is 25.6 Å². The molecule has 0 spiro atoms. The van der Waals surface area contributed by atoms with Gasteiger partial charge in [0, 0.05) is 9.35 Å². The second kappa shape index (κ2) is 4.45. The van der Waals surface area contributed by atoms with Crippen molar-refractivity contribution < 1.29 is 9.53 Å². The number of carbonyl (C=O) groups is 1. The van der Waals surface area contributed by atoms with Gasteiger partial charge in [-0.2, -0.15) is 0 Å². The van der Waals surface area contributed by atoms with E-state index in [-0.39, 0.29) is 5.97 Å². The Kier molecular flexibility index (Phi) is 3.72. The first-order valence-corrected chi connectivity index (χ1v) is 6.08. The van der Waals surface area contributed by atoms with Crippen molar-refractivity contribution in [2.24, 2.45) is 0 Å². The van der Waals surface area contributed by atoms with Gasteiger partial charge >= 0.3 is 5.97 Å². The van der Waals surface area contributed by atoms with Crippen LogP contribution in [0.25, 0.3) is 0 Å². The molecule has 1 rings (SSSR count). The van der Waals surface area contributed by atoms with Crippen molar-refractivity contribution in [3.63, 3.8) is 0 Å². The van der Waals surface area contributed by atoms with E-state index in [0.717, 1.165) is 9.35 Å². The van der Waals surface area contributed by atoms with Crippen LogP contribution >= 0.6 is 27.3 Å². The first-order valence-electron chi connectivity index (χ1n) is 4.40. The van der Waals surface area contributed by atoms with Gasteiger partial charge in [-0.15, -0.1) is 11.3 Å². The van der Waals surface area contributed by atoms with Gasteiger partial charge in [0.1, 0.15) is 0 Å². The number of ether oxygens (including phenoxy) is 1. The monoisotopic (exact) mass is 276 g/mol. The summed E-state index contributed by atoms with van der Waals surface area (Å²) in [7, 11) is 0. The molecule has 0 N–H and O–H groups in total. The highest BCUT2D eigenvalue weighted by Crippen LogP contribution is 2.35. The van der Waals surface area contributed by atoms with Crippen molar-refractivity contribution in [2.75, 3.05) is 6.61 Å². The third kappa shape index (κ3) is 2.17. The third-order valence-electron chi connectivity index (χ3n) is 1.97. The Morgan fingerprint density at radius 1 is 1.64 bits per heavy atom. The van der Waals surface area contributed by atoms with Crippen LogP contribution in [0.3, 0.4) is 0 Å². The van der Waals surface area contributed by atoms with E-state index in [1.165, 1.54) is 0 Å². The Labute approximate surface area is 96.4 Å². The van der Waals surface area contributed by atoms with Crippen LogP contribution < -0.4 is 0 Å². The van der Waals surface area contributed by atoms with E-state index in [4.69, 9.17) is 4.74 Å². The molecule has 0 fully saturated rings. The molecule has 0 radical (unpaired) electrons. The minimum absolute atomic E-state index is 0.178. The van der Waals surface area contributed by atoms with Crippen LogP contribution in [0.15, 0.2) is 15.9 Å². The van der Waals surface area contributed by atoms with Crippen LogP contribution in [0.4, 0.5) is 0 Å². The highest BCUT2D eigenvalue weighted by Gasteiger charge is 2.34. The minimum atomic E-state index is -0.566. The quantitative estimate of drug-likeness (QED) is 0.792. The number of hydrogen-bond donors (Lipinski definition) is 0. The molecule has 0 unspecified atom stereocenters. The standard InChI is InChI=1S/C10H13BrO2S/c1-4-13-9(12)10(2,3)8-7(11)5-6-14-8/h5-6H,4H2,1-3H3. The smallest absolute Gasteiger partial charge is 0.316 e. The Bertz CT molecular complexity index is 331. The molecule has 0 aliphatic rings. The Hall–Kier alpha value is -0.350. The fourth-order valence-corrected chi connectivity index (χ4v) is 3.13. The first kappa shape index (κ1) is 11.7. The molecule has 4 heteroatoms. The van der Waals surface area contributed by atoms with Crippen molar-refractivity contribution in [2.45, 2.75) is 26.2 Å². The number of carbonyl (C=O) groups excluding carboxylic acids is 1. The summed E-state index contributed by atoms with van der Waals surface area (Å²) in [6, 6.07) is 1.95. The van der Waals surface area contributed by atoms with Crippen molar-refractivity contribution in [3.8, 4) is 0 Å². The molecule has 1 heterocycles. The maximum absolute atomic E-state index is 11.7. The van der Waals surface area contributed by atoms with Crippen molar-refractivity contribution >= 4 is 33.2 Å². The summed E-state index contributed by atoms with van der Waals surface area (Å²) < 4.78 is 6.01. The number of thiophene rings is 1. The lowest BCUT2D eigenvalue weighted by atomic mass is 9.92. The molecule has 2 nitrogen and oxygen atoms in total. The Morgan fingerprint density at radius 3 is 2.71 bits per heavy atom. The van der Waals surface area contributed by atoms with E-state index in [1.54, 1.807) is 11.3 Å². The van der Waals surface area contributed by atoms with E-state index in [0.29, 0.717) is 6.61 Å². The van der Waals surface area contributed by atoms with E-state index < -0.39 is 5.41 Å². The number of esters is 1. The Morgan fingerprint density at radius 2 is 2.29 bits per heavy atom. The van der Waals surface area contributed by atoms with Crippen LogP contribution in [0.2, 0.25) is 0 Å². The zero-order valence-corrected chi connectivity index (χ0v) is 10.9. The largest absolute Gasteiger partial charge is 0.465 e. The molecular formula is C10H13BrO2S. The Balaban J connectivity index is 2.95. The molecule has 78 valence electrons. The molecule has 0 saturated heterocycles. The van der Waals surface area contributed by atoms with Crippen molar-refractivity contribution in [3.05, 3.63) is 20.8 Å². The summed E-state index contributed by atoms with van der Waals surface area (Å²) in [4.78, 5) is 12.7. The number of rotatable bonds is 3. The fourth-order valence-electron chi connectivity index (χ4n) is 1.14. The summed E-state index contributed by atoms with van der Waals surface area (Å²) in [6.07, 6.45) is 0. The zero-order chi connectivity index (χ0) is 10.8. The predicted octanol–water partition coefficient (Wildman–Crippen LogP) is 3.35. The van der Waals surface area contributed by atoms with Crippen molar-refractivity contribution in [1.82, 2.24) is 0 Å². The SMILES string of the molecule is CCOC(=O)C(C)(C)c1sccc1Br. The third-order valence-corrected chi connectivity index (χ3v) is 4.13. The molecule has 0 aliphatic heterocycles. The van der Waals surface area contributed by atoms with Gasteiger partial charge in [0.2, 0.25) is 0 Å². The van der Waals surface area contributed by atoms with Gasteiger partial charge < -0.3 is 4.74 Å². The molecular weight excluding hydrogens is 264 g/mol. The van der Waals surface area contributed by atoms with Crippen LogP contribution in [0.5, 0.6) is 0 Å². The number of hydrogen-bond acceptors (Lipinski definition) is 3. The normalized spacial score (nSPS) is 11.4. The highest BCUT2D eigenvalue weighted by atomic mass is 79.9. The summed E-state index contributed by atoms with van der Waals surface area (Å²) in [5, 5.41) is 1.96. The predicted molar refractivity (Wildman–Crippen MR) is 61.7 cm³/mol. The van der Waals surface area contributed by atoms with Gasteiger partial charge in [0.25, 0.3) is 0 Å². The summed E-state index contributed by atoms with van der Waals surface area (Å²) >= 11 is 4.99. The first-order chi connectivity index (χ1) is 6.50. The van der Waals surface area contributed by atoms with Crippen molar-refractivity contribution in [1.29, 1.82) is 0 Å². The lowest BCUT2D eigenvalue weighted by molar-refractivity contribution is -0.148. The summed E-state index contributed by atoms with van der Waals surface area (Å²) in [5.41, 5.74) is -0.566. The molecule has 0 saturated carbocycles. The van der Waals surface area contributed by atoms with Gasteiger partial charge in [0.05, 0.1) is 12.0 Å². The van der Waals surface area contributed by atoms with Gasteiger partial charge in [-0.25, -0.2) is 0 Å². The van der Waals surface area contributed by atoms with Crippen LogP contribution in [-0.2, 0) is 14.9 Å². The molecule has 1 aromatic heterocycles. The maximum Gasteiger partial charge on any atom is 0.316 e. The average molecular weight is 277 g/mol. The molecule has 0 aliphatic carbocycles. The maximum atomic E-state index is 11.7. The van der Waals surface area contributed by atoms with Gasteiger partial charge in [-0.3, -0.25) is 4.79 Å². The molecule has 0 bridgehead atoms. The highest BCUT2D eigenvalue weighted by molar-refractivity contribution is 9.10. The second-order valence-corrected chi connectivity index (χ2v) is 5.21. The summed E-state index contributed by atoms with van der Waals surface area (Å²) in [5.74, 6) is -0.178. The van der Waals surface area contributed by atoms with E-state index in [9.17, 15) is 4.79 Å². The molecule has 1 aromatic rings. The van der Waals surface area contributed by atoms with Crippen LogP contribution in [0, 0.1) is 0 Å². The molecule has 0 amide bonds. The molecule has 14 heavy (non-hydrogen) atoms. The number of halogens is 1. The summed E-state index contributed by atoms with van der Waals surface area (Å²) in [6.45, 7) is 5.99. The second-order valence-electron chi connectivity index (χ2n) is 3.44. The lowest BCUT2D eigenvalue weighted by Crippen LogP contribution is -2.30. The topological polar surface area (TPSA) is 26.3 Å². The van der Waals surface area contributed by atoms with Gasteiger partial charge in [0.15, 0.2) is 0 Å². The van der Waals surface area contributed by atoms with E-state index in [2.05, 4.69) is 15.9 Å². The van der Waals surface area contributed by atoms with Crippen LogP contribution in [-0.4, -0.2) is 12.6 Å². The molecule has 0 aromatic carbocycles. The molecule has 0 atom stereocenters. The lowest BCUT2D eigenvalue weighted by Gasteiger charge is -2.21. The van der Waals surface area contributed by atoms with Gasteiger partial charge in [-0.1, -0.05) is 0 Å². The zero-order valence-electron chi connectivity index (χ0n) is 8.46. The minimum Gasteiger partial charge on any atom is -0.465 e. The average Bonchev–Trinajstić information content (AvgIpc) is 2.52. The van der Waals surface area contributed by atoms with Gasteiger partial charge in [-0.05, 0) is 48.1 Å². The van der Waals surface area contributed by atoms with E-state index >= 15 is 0 Å².